The number of Topliss-reactive ketones (excluding diaryl/α,β-unsaturated/α-hetero) is 1. The molecule has 11 nitrogen and oxygen atoms in total. The number of fused-ring (bicyclic) bond motifs is 3. The number of methoxy groups -OCH3 is 1. The molecule has 0 spiro atoms. The maximum Gasteiger partial charge on any atom is 0.514 e. The lowest BCUT2D eigenvalue weighted by atomic mass is 9.50. The van der Waals surface area contributed by atoms with Crippen LogP contribution in [0.5, 0.6) is 5.75 Å². The highest BCUT2D eigenvalue weighted by Gasteiger charge is 2.67. The third-order valence-electron chi connectivity index (χ3n) is 8.06. The molecule has 1 amide bonds. The van der Waals surface area contributed by atoms with Gasteiger partial charge in [0.1, 0.15) is 29.0 Å². The molecular formula is C28H35NO10. The van der Waals surface area contributed by atoms with Gasteiger partial charge in [-0.25, -0.2) is 4.79 Å². The van der Waals surface area contributed by atoms with Gasteiger partial charge in [0.2, 0.25) is 0 Å². The van der Waals surface area contributed by atoms with Gasteiger partial charge in [0.05, 0.1) is 17.7 Å². The largest absolute Gasteiger partial charge is 0.514 e. The number of carbonyl (C=O) groups excluding carboxylic acids is 3. The van der Waals surface area contributed by atoms with Crippen LogP contribution in [0.1, 0.15) is 50.8 Å². The molecule has 1 aromatic rings. The van der Waals surface area contributed by atoms with Gasteiger partial charge in [-0.15, -0.1) is 0 Å². The SMILES string of the molecule is COC[C@@]12Cc3c(C)ccc(OC(=O)OC(C)(C)C)c3C(O)=C1C(=O)[C@]1(O)C(O)C(C(N)=O)=C(O)[C@@H](C)[C@@H]1C2. The van der Waals surface area contributed by atoms with Gasteiger partial charge in [-0.3, -0.25) is 9.59 Å². The molecule has 1 saturated carbocycles. The lowest BCUT2D eigenvalue weighted by Crippen LogP contribution is -2.67. The number of nitrogens with two attached hydrogens (primary N) is 1. The summed E-state index contributed by atoms with van der Waals surface area (Å²) < 4.78 is 16.2. The van der Waals surface area contributed by atoms with Crippen molar-refractivity contribution in [2.45, 2.75) is 64.8 Å². The molecular weight excluding hydrogens is 510 g/mol. The van der Waals surface area contributed by atoms with Crippen LogP contribution in [-0.2, 0) is 25.5 Å². The summed E-state index contributed by atoms with van der Waals surface area (Å²) in [6.07, 6.45) is -2.99. The molecule has 11 heteroatoms. The zero-order chi connectivity index (χ0) is 29.2. The van der Waals surface area contributed by atoms with Crippen molar-refractivity contribution in [1.29, 1.82) is 0 Å². The van der Waals surface area contributed by atoms with Crippen molar-refractivity contribution < 1.29 is 49.0 Å². The molecule has 0 aromatic heterocycles. The van der Waals surface area contributed by atoms with Crippen molar-refractivity contribution in [3.05, 3.63) is 45.7 Å². The number of rotatable bonds is 4. The Bertz CT molecular complexity index is 1320. The monoisotopic (exact) mass is 545 g/mol. The van der Waals surface area contributed by atoms with Crippen LogP contribution in [0, 0.1) is 24.2 Å². The number of primary amides is 1. The van der Waals surface area contributed by atoms with Crippen LogP contribution in [0.25, 0.3) is 5.76 Å². The summed E-state index contributed by atoms with van der Waals surface area (Å²) in [5, 5.41) is 45.2. The van der Waals surface area contributed by atoms with Gasteiger partial charge in [0.15, 0.2) is 11.4 Å². The molecule has 1 unspecified atom stereocenters. The zero-order valence-electron chi connectivity index (χ0n) is 22.8. The predicted molar refractivity (Wildman–Crippen MR) is 138 cm³/mol. The molecule has 5 atom stereocenters. The molecule has 3 aliphatic carbocycles. The minimum Gasteiger partial charge on any atom is -0.511 e. The van der Waals surface area contributed by atoms with Gasteiger partial charge < -0.3 is 40.4 Å². The number of hydrogen-bond donors (Lipinski definition) is 5. The highest BCUT2D eigenvalue weighted by molar-refractivity contribution is 6.12. The van der Waals surface area contributed by atoms with Crippen molar-refractivity contribution in [2.75, 3.05) is 13.7 Å². The first kappa shape index (κ1) is 28.6. The summed E-state index contributed by atoms with van der Waals surface area (Å²) in [5.41, 5.74) is 1.30. The second kappa shape index (κ2) is 9.35. The number of aliphatic hydroxyl groups excluding tert-OH is 3. The minimum absolute atomic E-state index is 0.00678. The van der Waals surface area contributed by atoms with Crippen LogP contribution in [0.15, 0.2) is 29.0 Å². The van der Waals surface area contributed by atoms with E-state index in [4.69, 9.17) is 19.9 Å². The number of ketones is 1. The van der Waals surface area contributed by atoms with Crippen molar-refractivity contribution in [2.24, 2.45) is 23.0 Å². The Morgan fingerprint density at radius 3 is 2.41 bits per heavy atom. The summed E-state index contributed by atoms with van der Waals surface area (Å²) in [6.45, 7) is 8.28. The Hall–Kier alpha value is -3.41. The van der Waals surface area contributed by atoms with E-state index in [1.165, 1.54) is 20.1 Å². The quantitative estimate of drug-likeness (QED) is 0.278. The number of allylic oxidation sites excluding steroid dienone is 1. The van der Waals surface area contributed by atoms with E-state index >= 15 is 0 Å². The molecule has 1 fully saturated rings. The normalized spacial score (nSPS) is 30.4. The van der Waals surface area contributed by atoms with Crippen LogP contribution in [0.4, 0.5) is 4.79 Å². The Balaban J connectivity index is 1.94. The molecule has 212 valence electrons. The summed E-state index contributed by atoms with van der Waals surface area (Å²) in [6, 6.07) is 3.17. The van der Waals surface area contributed by atoms with Crippen LogP contribution in [0.2, 0.25) is 0 Å². The molecule has 0 aliphatic heterocycles. The number of carbonyl (C=O) groups is 3. The number of aliphatic hydroxyl groups is 4. The van der Waals surface area contributed by atoms with Gasteiger partial charge >= 0.3 is 6.16 Å². The summed E-state index contributed by atoms with van der Waals surface area (Å²) in [4.78, 5) is 38.8. The molecule has 1 aromatic carbocycles. The Morgan fingerprint density at radius 2 is 1.85 bits per heavy atom. The number of ether oxygens (including phenoxy) is 3. The molecule has 6 N–H and O–H groups in total. The van der Waals surface area contributed by atoms with Gasteiger partial charge in [-0.2, -0.15) is 0 Å². The molecule has 0 heterocycles. The summed E-state index contributed by atoms with van der Waals surface area (Å²) >= 11 is 0. The van der Waals surface area contributed by atoms with E-state index in [-0.39, 0.29) is 36.3 Å². The molecule has 4 rings (SSSR count). The highest BCUT2D eigenvalue weighted by atomic mass is 16.7. The number of aryl methyl sites for hydroxylation is 1. The van der Waals surface area contributed by atoms with E-state index in [1.807, 2.05) is 0 Å². The van der Waals surface area contributed by atoms with Crippen molar-refractivity contribution in [1.82, 2.24) is 0 Å². The minimum atomic E-state index is -2.58. The molecule has 0 bridgehead atoms. The molecule has 0 radical (unpaired) electrons. The van der Waals surface area contributed by atoms with Crippen molar-refractivity contribution >= 4 is 23.6 Å². The third-order valence-corrected chi connectivity index (χ3v) is 8.06. The van der Waals surface area contributed by atoms with Crippen LogP contribution < -0.4 is 10.5 Å². The average Bonchev–Trinajstić information content (AvgIpc) is 2.80. The third kappa shape index (κ3) is 4.29. The lowest BCUT2D eigenvalue weighted by Gasteiger charge is -2.55. The van der Waals surface area contributed by atoms with Crippen LogP contribution in [0.3, 0.4) is 0 Å². The number of amides is 1. The van der Waals surface area contributed by atoms with Crippen LogP contribution >= 0.6 is 0 Å². The first-order valence-corrected chi connectivity index (χ1v) is 12.6. The number of hydrogen-bond acceptors (Lipinski definition) is 10. The number of benzene rings is 1. The second-order valence-electron chi connectivity index (χ2n) is 11.7. The Labute approximate surface area is 225 Å². The lowest BCUT2D eigenvalue weighted by molar-refractivity contribution is -0.175. The maximum absolute atomic E-state index is 14.2. The summed E-state index contributed by atoms with van der Waals surface area (Å²) in [7, 11) is 1.43. The van der Waals surface area contributed by atoms with E-state index in [0.717, 1.165) is 5.56 Å². The van der Waals surface area contributed by atoms with Crippen LogP contribution in [-0.4, -0.2) is 69.3 Å². The Kier molecular flexibility index (Phi) is 6.86. The van der Waals surface area contributed by atoms with Gasteiger partial charge in [0, 0.05) is 29.9 Å². The Morgan fingerprint density at radius 1 is 1.21 bits per heavy atom. The van der Waals surface area contributed by atoms with Gasteiger partial charge in [-0.05, 0) is 57.7 Å². The smallest absolute Gasteiger partial charge is 0.511 e. The second-order valence-corrected chi connectivity index (χ2v) is 11.7. The standard InChI is InChI=1S/C28H35NO10/c1-12-7-8-16(38-25(35)39-26(3,4)5)17-14(12)9-27(11-37-6)10-15-13(2)20(30)18(24(29)34)22(32)28(15,36)23(33)19(27)21(17)31/h7-8,13,15,22,30-32,36H,9-11H2,1-6H3,(H2,29,34)/t13-,15-,22?,27-,28+/m0/s1. The highest BCUT2D eigenvalue weighted by Crippen LogP contribution is 2.59. The average molecular weight is 546 g/mol. The fraction of sp³-hybridized carbons (Fsp3) is 0.536. The zero-order valence-corrected chi connectivity index (χ0v) is 22.8. The first-order chi connectivity index (χ1) is 18.0. The topological polar surface area (TPSA) is 186 Å². The fourth-order valence-corrected chi connectivity index (χ4v) is 6.33. The predicted octanol–water partition coefficient (Wildman–Crippen LogP) is 2.40. The molecule has 0 saturated heterocycles. The molecule has 39 heavy (non-hydrogen) atoms. The van der Waals surface area contributed by atoms with Gasteiger partial charge in [-0.1, -0.05) is 13.0 Å². The van der Waals surface area contributed by atoms with Gasteiger partial charge in [0.25, 0.3) is 5.91 Å². The fourth-order valence-electron chi connectivity index (χ4n) is 6.33. The van der Waals surface area contributed by atoms with E-state index in [0.29, 0.717) is 5.56 Å². The molecule has 3 aliphatic rings. The summed E-state index contributed by atoms with van der Waals surface area (Å²) in [5.74, 6) is -5.29. The van der Waals surface area contributed by atoms with E-state index in [1.54, 1.807) is 33.8 Å². The maximum atomic E-state index is 14.2. The van der Waals surface area contributed by atoms with Crippen molar-refractivity contribution in [3.63, 3.8) is 0 Å². The van der Waals surface area contributed by atoms with Crippen molar-refractivity contribution in [3.8, 4) is 5.75 Å². The van der Waals surface area contributed by atoms with E-state index < -0.39 is 69.5 Å². The first-order valence-electron chi connectivity index (χ1n) is 12.6. The van der Waals surface area contributed by atoms with E-state index in [9.17, 15) is 34.8 Å². The van der Waals surface area contributed by atoms with E-state index in [2.05, 4.69) is 0 Å².